The van der Waals surface area contributed by atoms with Gasteiger partial charge >= 0.3 is 0 Å². The normalized spacial score (nSPS) is 19.6. The van der Waals surface area contributed by atoms with E-state index in [1.165, 1.54) is 4.31 Å². The molecule has 7 heteroatoms. The Kier molecular flexibility index (Phi) is 6.35. The van der Waals surface area contributed by atoms with E-state index in [0.717, 1.165) is 39.0 Å². The Morgan fingerprint density at radius 1 is 1.18 bits per heavy atom. The summed E-state index contributed by atoms with van der Waals surface area (Å²) in [6.45, 7) is 6.78. The fraction of sp³-hybridized carbons (Fsp3) is 1.00. The van der Waals surface area contributed by atoms with E-state index in [1.54, 1.807) is 6.92 Å². The smallest absolute Gasteiger partial charge is 0.279 e. The molecule has 1 heterocycles. The second kappa shape index (κ2) is 7.27. The van der Waals surface area contributed by atoms with Gasteiger partial charge in [0.05, 0.1) is 0 Å². The molecule has 0 aromatic heterocycles. The molecule has 0 aliphatic carbocycles. The van der Waals surface area contributed by atoms with Crippen LogP contribution in [0.25, 0.3) is 0 Å². The fourth-order valence-corrected chi connectivity index (χ4v) is 3.14. The van der Waals surface area contributed by atoms with Crippen LogP contribution in [0.4, 0.5) is 0 Å². The highest BCUT2D eigenvalue weighted by atomic mass is 32.2. The van der Waals surface area contributed by atoms with Crippen molar-refractivity contribution in [1.29, 1.82) is 0 Å². The molecule has 3 N–H and O–H groups in total. The summed E-state index contributed by atoms with van der Waals surface area (Å²) < 4.78 is 27.5. The van der Waals surface area contributed by atoms with Crippen molar-refractivity contribution in [2.24, 2.45) is 5.73 Å². The summed E-state index contributed by atoms with van der Waals surface area (Å²) in [4.78, 5) is 2.30. The molecular formula is C10H24N4O2S. The molecule has 0 radical (unpaired) electrons. The molecule has 1 aliphatic heterocycles. The van der Waals surface area contributed by atoms with Gasteiger partial charge in [0, 0.05) is 32.7 Å². The van der Waals surface area contributed by atoms with E-state index in [0.29, 0.717) is 19.6 Å². The second-order valence-corrected chi connectivity index (χ2v) is 5.99. The van der Waals surface area contributed by atoms with Crippen LogP contribution in [0, 0.1) is 0 Å². The molecule has 0 unspecified atom stereocenters. The molecule has 1 aliphatic rings. The summed E-state index contributed by atoms with van der Waals surface area (Å²) in [5, 5.41) is 0. The molecule has 0 amide bonds. The third-order valence-electron chi connectivity index (χ3n) is 2.93. The first-order valence-corrected chi connectivity index (χ1v) is 7.71. The van der Waals surface area contributed by atoms with Crippen molar-refractivity contribution in [3.63, 3.8) is 0 Å². The minimum atomic E-state index is -3.25. The minimum Gasteiger partial charge on any atom is -0.330 e. The molecule has 0 atom stereocenters. The van der Waals surface area contributed by atoms with Gasteiger partial charge < -0.3 is 10.6 Å². The topological polar surface area (TPSA) is 78.7 Å². The number of hydrogen-bond acceptors (Lipinski definition) is 4. The lowest BCUT2D eigenvalue weighted by molar-refractivity contribution is 0.185. The average Bonchev–Trinajstić information content (AvgIpc) is 2.30. The van der Waals surface area contributed by atoms with Crippen LogP contribution in [0.5, 0.6) is 0 Å². The summed E-state index contributed by atoms with van der Waals surface area (Å²) in [5.74, 6) is 0. The van der Waals surface area contributed by atoms with Crippen LogP contribution in [0.2, 0.25) is 0 Å². The van der Waals surface area contributed by atoms with Gasteiger partial charge in [-0.25, -0.2) is 4.72 Å². The van der Waals surface area contributed by atoms with E-state index in [2.05, 4.69) is 9.62 Å². The molecule has 0 aromatic rings. The number of rotatable bonds is 7. The summed E-state index contributed by atoms with van der Waals surface area (Å²) >= 11 is 0. The number of unbranched alkanes of at least 4 members (excludes halogenated alkanes) is 1. The average molecular weight is 264 g/mol. The molecular weight excluding hydrogens is 240 g/mol. The zero-order chi connectivity index (χ0) is 12.7. The maximum Gasteiger partial charge on any atom is 0.279 e. The second-order valence-electron chi connectivity index (χ2n) is 4.24. The van der Waals surface area contributed by atoms with Crippen molar-refractivity contribution in [3.8, 4) is 0 Å². The van der Waals surface area contributed by atoms with Crippen molar-refractivity contribution in [2.75, 3.05) is 45.8 Å². The quantitative estimate of drug-likeness (QED) is 0.590. The Morgan fingerprint density at radius 3 is 2.35 bits per heavy atom. The molecule has 0 bridgehead atoms. The minimum absolute atomic E-state index is 0.443. The standard InChI is InChI=1S/C10H24N4O2S/c1-2-12-17(15,16)14-9-7-13(8-10-14)6-4-3-5-11/h12H,2-11H2,1H3. The molecule has 1 saturated heterocycles. The van der Waals surface area contributed by atoms with Crippen LogP contribution in [0.15, 0.2) is 0 Å². The van der Waals surface area contributed by atoms with Gasteiger partial charge in [0.15, 0.2) is 0 Å². The Morgan fingerprint density at radius 2 is 1.82 bits per heavy atom. The highest BCUT2D eigenvalue weighted by molar-refractivity contribution is 7.87. The Hall–Kier alpha value is -0.210. The van der Waals surface area contributed by atoms with Crippen molar-refractivity contribution < 1.29 is 8.42 Å². The van der Waals surface area contributed by atoms with E-state index in [4.69, 9.17) is 5.73 Å². The number of nitrogens with one attached hydrogen (secondary N) is 1. The van der Waals surface area contributed by atoms with Gasteiger partial charge in [0.1, 0.15) is 0 Å². The molecule has 1 fully saturated rings. The Labute approximate surface area is 104 Å². The van der Waals surface area contributed by atoms with E-state index in [1.807, 2.05) is 0 Å². The van der Waals surface area contributed by atoms with E-state index in [-0.39, 0.29) is 0 Å². The molecule has 0 aromatic carbocycles. The summed E-state index contributed by atoms with van der Waals surface area (Å²) in [7, 11) is -3.25. The van der Waals surface area contributed by atoms with Crippen molar-refractivity contribution in [1.82, 2.24) is 13.9 Å². The summed E-state index contributed by atoms with van der Waals surface area (Å²) in [6, 6.07) is 0. The van der Waals surface area contributed by atoms with Gasteiger partial charge in [-0.2, -0.15) is 12.7 Å². The Balaban J connectivity index is 2.30. The van der Waals surface area contributed by atoms with Crippen molar-refractivity contribution in [3.05, 3.63) is 0 Å². The van der Waals surface area contributed by atoms with Crippen LogP contribution >= 0.6 is 0 Å². The van der Waals surface area contributed by atoms with Crippen LogP contribution in [0.1, 0.15) is 19.8 Å². The van der Waals surface area contributed by atoms with Gasteiger partial charge in [0.2, 0.25) is 0 Å². The number of nitrogens with two attached hydrogens (primary N) is 1. The van der Waals surface area contributed by atoms with Crippen molar-refractivity contribution >= 4 is 10.2 Å². The maximum atomic E-state index is 11.7. The molecule has 1 rings (SSSR count). The van der Waals surface area contributed by atoms with Crippen LogP contribution in [-0.2, 0) is 10.2 Å². The third kappa shape index (κ3) is 4.89. The summed E-state index contributed by atoms with van der Waals surface area (Å²) in [6.07, 6.45) is 2.13. The number of hydrogen-bond donors (Lipinski definition) is 2. The SMILES string of the molecule is CCNS(=O)(=O)N1CCN(CCCCN)CC1. The van der Waals surface area contributed by atoms with Crippen LogP contribution < -0.4 is 10.5 Å². The molecule has 0 spiro atoms. The zero-order valence-electron chi connectivity index (χ0n) is 10.6. The monoisotopic (exact) mass is 264 g/mol. The predicted octanol–water partition coefficient (Wildman–Crippen LogP) is -0.803. The van der Waals surface area contributed by atoms with Crippen LogP contribution in [-0.4, -0.2) is 63.4 Å². The zero-order valence-corrected chi connectivity index (χ0v) is 11.4. The fourth-order valence-electron chi connectivity index (χ4n) is 1.95. The van der Waals surface area contributed by atoms with Crippen LogP contribution in [0.3, 0.4) is 0 Å². The van der Waals surface area contributed by atoms with Gasteiger partial charge in [0.25, 0.3) is 10.2 Å². The van der Waals surface area contributed by atoms with Gasteiger partial charge in [-0.3, -0.25) is 0 Å². The molecule has 17 heavy (non-hydrogen) atoms. The molecule has 102 valence electrons. The molecule has 6 nitrogen and oxygen atoms in total. The largest absolute Gasteiger partial charge is 0.330 e. The van der Waals surface area contributed by atoms with E-state index in [9.17, 15) is 8.42 Å². The first-order valence-electron chi connectivity index (χ1n) is 6.27. The van der Waals surface area contributed by atoms with E-state index < -0.39 is 10.2 Å². The highest BCUT2D eigenvalue weighted by Gasteiger charge is 2.25. The molecule has 0 saturated carbocycles. The maximum absolute atomic E-state index is 11.7. The van der Waals surface area contributed by atoms with Gasteiger partial charge in [-0.05, 0) is 25.9 Å². The van der Waals surface area contributed by atoms with Crippen molar-refractivity contribution in [2.45, 2.75) is 19.8 Å². The highest BCUT2D eigenvalue weighted by Crippen LogP contribution is 2.06. The third-order valence-corrected chi connectivity index (χ3v) is 4.62. The van der Waals surface area contributed by atoms with Gasteiger partial charge in [-0.1, -0.05) is 6.92 Å². The first kappa shape index (κ1) is 14.8. The number of nitrogens with zero attached hydrogens (tertiary/aromatic N) is 2. The lowest BCUT2D eigenvalue weighted by Gasteiger charge is -2.33. The lowest BCUT2D eigenvalue weighted by Crippen LogP contribution is -2.52. The lowest BCUT2D eigenvalue weighted by atomic mass is 10.2. The first-order chi connectivity index (χ1) is 8.10. The van der Waals surface area contributed by atoms with Gasteiger partial charge in [-0.15, -0.1) is 0 Å². The Bertz CT molecular complexity index is 299. The predicted molar refractivity (Wildman–Crippen MR) is 68.9 cm³/mol. The van der Waals surface area contributed by atoms with E-state index >= 15 is 0 Å². The summed E-state index contributed by atoms with van der Waals surface area (Å²) in [5.41, 5.74) is 5.44. The number of piperazine rings is 1.